The van der Waals surface area contributed by atoms with Crippen molar-refractivity contribution in [2.75, 3.05) is 6.61 Å². The van der Waals surface area contributed by atoms with Crippen LogP contribution < -0.4 is 10.5 Å². The first kappa shape index (κ1) is 12.7. The van der Waals surface area contributed by atoms with E-state index < -0.39 is 0 Å². The average Bonchev–Trinajstić information content (AvgIpc) is 2.95. The van der Waals surface area contributed by atoms with Crippen LogP contribution in [0.15, 0.2) is 32.5 Å². The molecule has 0 fully saturated rings. The third-order valence-corrected chi connectivity index (χ3v) is 5.45. The lowest BCUT2D eigenvalue weighted by atomic mass is 10.0. The molecular weight excluding hydrogens is 378 g/mol. The Morgan fingerprint density at radius 1 is 1.33 bits per heavy atom. The van der Waals surface area contributed by atoms with Crippen molar-refractivity contribution in [1.82, 2.24) is 0 Å². The van der Waals surface area contributed by atoms with Gasteiger partial charge in [-0.05, 0) is 45.1 Å². The maximum Gasteiger partial charge on any atom is 0.127 e. The molecule has 0 radical (unpaired) electrons. The number of hydrogen-bond acceptors (Lipinski definition) is 3. The van der Waals surface area contributed by atoms with Crippen LogP contribution in [0.1, 0.15) is 22.0 Å². The summed E-state index contributed by atoms with van der Waals surface area (Å²) in [6.45, 7) is 0.747. The predicted molar refractivity (Wildman–Crippen MR) is 81.4 cm³/mol. The summed E-state index contributed by atoms with van der Waals surface area (Å²) < 4.78 is 7.85. The molecule has 1 aromatic carbocycles. The highest BCUT2D eigenvalue weighted by molar-refractivity contribution is 9.10. The van der Waals surface area contributed by atoms with E-state index in [0.717, 1.165) is 38.2 Å². The molecule has 0 aliphatic carbocycles. The minimum absolute atomic E-state index is 0.149. The van der Waals surface area contributed by atoms with Gasteiger partial charge in [-0.25, -0.2) is 0 Å². The normalized spacial score (nSPS) is 15.3. The van der Waals surface area contributed by atoms with E-state index in [-0.39, 0.29) is 6.04 Å². The number of hydrogen-bond donors (Lipinski definition) is 1. The Balaban J connectivity index is 2.10. The quantitative estimate of drug-likeness (QED) is 0.834. The number of ether oxygens (including phenoxy) is 1. The summed E-state index contributed by atoms with van der Waals surface area (Å²) in [7, 11) is 0. The molecule has 0 bridgehead atoms. The van der Waals surface area contributed by atoms with Crippen molar-refractivity contribution in [2.24, 2.45) is 5.73 Å². The van der Waals surface area contributed by atoms with E-state index >= 15 is 0 Å². The maximum atomic E-state index is 6.38. The van der Waals surface area contributed by atoms with Crippen LogP contribution >= 0.6 is 43.2 Å². The maximum absolute atomic E-state index is 6.38. The van der Waals surface area contributed by atoms with Gasteiger partial charge in [-0.3, -0.25) is 0 Å². The van der Waals surface area contributed by atoms with E-state index in [0.29, 0.717) is 0 Å². The molecular formula is C13H11Br2NOS. The summed E-state index contributed by atoms with van der Waals surface area (Å²) >= 11 is 8.75. The van der Waals surface area contributed by atoms with Crippen molar-refractivity contribution in [2.45, 2.75) is 12.5 Å². The summed E-state index contributed by atoms with van der Waals surface area (Å²) in [5.74, 6) is 0.964. The Morgan fingerprint density at radius 3 is 2.89 bits per heavy atom. The lowest BCUT2D eigenvalue weighted by Crippen LogP contribution is -2.12. The van der Waals surface area contributed by atoms with Crippen molar-refractivity contribution in [3.63, 3.8) is 0 Å². The third-order valence-electron chi connectivity index (χ3n) is 3.04. The number of benzene rings is 1. The molecule has 3 rings (SSSR count). The van der Waals surface area contributed by atoms with Crippen LogP contribution in [0.2, 0.25) is 0 Å². The second kappa shape index (κ2) is 4.96. The summed E-state index contributed by atoms with van der Waals surface area (Å²) in [6, 6.07) is 6.05. The molecule has 1 unspecified atom stereocenters. The van der Waals surface area contributed by atoms with Gasteiger partial charge in [0.2, 0.25) is 0 Å². The van der Waals surface area contributed by atoms with Crippen LogP contribution in [0.3, 0.4) is 0 Å². The van der Waals surface area contributed by atoms with Crippen molar-refractivity contribution < 1.29 is 4.74 Å². The Morgan fingerprint density at radius 2 is 2.17 bits per heavy atom. The van der Waals surface area contributed by atoms with Crippen molar-refractivity contribution in [1.29, 1.82) is 0 Å². The molecule has 18 heavy (non-hydrogen) atoms. The van der Waals surface area contributed by atoms with E-state index in [1.807, 2.05) is 11.4 Å². The molecule has 0 amide bonds. The summed E-state index contributed by atoms with van der Waals surface area (Å²) in [5, 5.41) is 2.04. The molecule has 1 atom stereocenters. The highest BCUT2D eigenvalue weighted by Gasteiger charge is 2.23. The van der Waals surface area contributed by atoms with Crippen LogP contribution in [0.25, 0.3) is 0 Å². The molecule has 1 aromatic heterocycles. The first-order valence-electron chi connectivity index (χ1n) is 5.60. The highest BCUT2D eigenvalue weighted by atomic mass is 79.9. The fraction of sp³-hybridized carbons (Fsp3) is 0.231. The standard InChI is InChI=1S/C13H11Br2NOS/c14-8-5-7-1-3-17-12(7)9(6-8)11(16)13-10(15)2-4-18-13/h2,4-6,11H,1,3,16H2. The van der Waals surface area contributed by atoms with Gasteiger partial charge in [-0.2, -0.15) is 0 Å². The van der Waals surface area contributed by atoms with E-state index in [2.05, 4.69) is 44.0 Å². The number of fused-ring (bicyclic) bond motifs is 1. The van der Waals surface area contributed by atoms with Gasteiger partial charge >= 0.3 is 0 Å². The number of halogens is 2. The molecule has 0 saturated carbocycles. The SMILES string of the molecule is NC(c1cc(Br)cc2c1OCC2)c1sccc1Br. The van der Waals surface area contributed by atoms with Gasteiger partial charge in [-0.15, -0.1) is 11.3 Å². The lowest BCUT2D eigenvalue weighted by Gasteiger charge is -2.15. The Labute approximate surface area is 126 Å². The second-order valence-electron chi connectivity index (χ2n) is 4.19. The van der Waals surface area contributed by atoms with Crippen LogP contribution in [0.4, 0.5) is 0 Å². The number of rotatable bonds is 2. The van der Waals surface area contributed by atoms with Crippen LogP contribution in [-0.4, -0.2) is 6.61 Å². The van der Waals surface area contributed by atoms with Gasteiger partial charge in [-0.1, -0.05) is 15.9 Å². The van der Waals surface area contributed by atoms with E-state index in [1.54, 1.807) is 11.3 Å². The predicted octanol–water partition coefficient (Wildman–Crippen LogP) is 4.26. The van der Waals surface area contributed by atoms with Gasteiger partial charge in [0.25, 0.3) is 0 Å². The number of thiophene rings is 1. The monoisotopic (exact) mass is 387 g/mol. The smallest absolute Gasteiger partial charge is 0.127 e. The van der Waals surface area contributed by atoms with E-state index in [4.69, 9.17) is 10.5 Å². The number of nitrogens with two attached hydrogens (primary N) is 1. The molecule has 2 aromatic rings. The van der Waals surface area contributed by atoms with Gasteiger partial charge in [0.15, 0.2) is 0 Å². The molecule has 2 nitrogen and oxygen atoms in total. The van der Waals surface area contributed by atoms with Crippen molar-refractivity contribution in [3.8, 4) is 5.75 Å². The van der Waals surface area contributed by atoms with E-state index in [9.17, 15) is 0 Å². The van der Waals surface area contributed by atoms with Crippen molar-refractivity contribution >= 4 is 43.2 Å². The zero-order chi connectivity index (χ0) is 12.7. The van der Waals surface area contributed by atoms with E-state index in [1.165, 1.54) is 5.56 Å². The fourth-order valence-electron chi connectivity index (χ4n) is 2.20. The van der Waals surface area contributed by atoms with Crippen LogP contribution in [-0.2, 0) is 6.42 Å². The zero-order valence-corrected chi connectivity index (χ0v) is 13.4. The summed E-state index contributed by atoms with van der Waals surface area (Å²) in [6.07, 6.45) is 0.958. The van der Waals surface area contributed by atoms with Crippen LogP contribution in [0, 0.1) is 0 Å². The molecule has 5 heteroatoms. The summed E-state index contributed by atoms with van der Waals surface area (Å²) in [4.78, 5) is 1.13. The summed E-state index contributed by atoms with van der Waals surface area (Å²) in [5.41, 5.74) is 8.68. The molecule has 0 spiro atoms. The lowest BCUT2D eigenvalue weighted by molar-refractivity contribution is 0.352. The first-order chi connectivity index (χ1) is 8.66. The average molecular weight is 389 g/mol. The van der Waals surface area contributed by atoms with Gasteiger partial charge in [0, 0.05) is 25.8 Å². The topological polar surface area (TPSA) is 35.2 Å². The highest BCUT2D eigenvalue weighted by Crippen LogP contribution is 2.40. The van der Waals surface area contributed by atoms with Gasteiger partial charge < -0.3 is 10.5 Å². The Kier molecular flexibility index (Phi) is 3.49. The van der Waals surface area contributed by atoms with Crippen molar-refractivity contribution in [3.05, 3.63) is 48.5 Å². The molecule has 1 aliphatic heterocycles. The first-order valence-corrected chi connectivity index (χ1v) is 8.07. The molecule has 1 aliphatic rings. The zero-order valence-electron chi connectivity index (χ0n) is 9.45. The largest absolute Gasteiger partial charge is 0.493 e. The van der Waals surface area contributed by atoms with Crippen LogP contribution in [0.5, 0.6) is 5.75 Å². The Bertz CT molecular complexity index is 597. The molecule has 0 saturated heterocycles. The third kappa shape index (κ3) is 2.13. The van der Waals surface area contributed by atoms with Gasteiger partial charge in [0.05, 0.1) is 12.6 Å². The molecule has 94 valence electrons. The Hall–Kier alpha value is -0.360. The fourth-order valence-corrected chi connectivity index (χ4v) is 4.36. The molecule has 2 N–H and O–H groups in total. The van der Waals surface area contributed by atoms with Gasteiger partial charge in [0.1, 0.15) is 5.75 Å². The molecule has 2 heterocycles. The minimum Gasteiger partial charge on any atom is -0.493 e. The second-order valence-corrected chi connectivity index (χ2v) is 6.91. The minimum atomic E-state index is -0.149.